The van der Waals surface area contributed by atoms with Gasteiger partial charge in [-0.15, -0.1) is 0 Å². The first kappa shape index (κ1) is 13.1. The Hall–Kier alpha value is -0.960. The van der Waals surface area contributed by atoms with Crippen LogP contribution in [-0.2, 0) is 0 Å². The number of nitrogens with one attached hydrogen (secondary N) is 1. The van der Waals surface area contributed by atoms with Crippen LogP contribution in [0.4, 0.5) is 11.5 Å². The molecule has 0 aliphatic heterocycles. The minimum Gasteiger partial charge on any atom is -0.396 e. The number of anilines is 2. The summed E-state index contributed by atoms with van der Waals surface area (Å²) < 4.78 is 0. The normalized spacial score (nSPS) is 10.8. The van der Waals surface area contributed by atoms with Crippen molar-refractivity contribution in [1.29, 1.82) is 0 Å². The Kier molecular flexibility index (Phi) is 5.39. The summed E-state index contributed by atoms with van der Waals surface area (Å²) in [5, 5.41) is 3.84. The van der Waals surface area contributed by atoms with Crippen LogP contribution in [0.2, 0.25) is 5.15 Å². The highest BCUT2D eigenvalue weighted by Gasteiger charge is 2.09. The number of hydrogen-bond donors (Lipinski definition) is 2. The fourth-order valence-electron chi connectivity index (χ4n) is 1.74. The van der Waals surface area contributed by atoms with Gasteiger partial charge in [0.05, 0.1) is 5.69 Å². The largest absolute Gasteiger partial charge is 0.396 e. The molecule has 90 valence electrons. The molecule has 0 aliphatic carbocycles. The Labute approximate surface area is 102 Å². The molecule has 0 bridgehead atoms. The van der Waals surface area contributed by atoms with Gasteiger partial charge in [-0.25, -0.2) is 4.98 Å². The van der Waals surface area contributed by atoms with Gasteiger partial charge in [0.2, 0.25) is 0 Å². The highest BCUT2D eigenvalue weighted by molar-refractivity contribution is 6.29. The maximum Gasteiger partial charge on any atom is 0.151 e. The number of aromatic nitrogens is 1. The van der Waals surface area contributed by atoms with E-state index in [2.05, 4.69) is 24.1 Å². The minimum absolute atomic E-state index is 0.434. The van der Waals surface area contributed by atoms with Crippen LogP contribution >= 0.6 is 11.6 Å². The summed E-state index contributed by atoms with van der Waals surface area (Å²) in [6.45, 7) is 4.36. The Bertz CT molecular complexity index is 322. The molecule has 3 nitrogen and oxygen atoms in total. The van der Waals surface area contributed by atoms with Crippen LogP contribution in [0.5, 0.6) is 0 Å². The van der Waals surface area contributed by atoms with E-state index in [1.165, 1.54) is 0 Å². The van der Waals surface area contributed by atoms with Gasteiger partial charge >= 0.3 is 0 Å². The summed E-state index contributed by atoms with van der Waals surface area (Å²) in [4.78, 5) is 4.21. The second-order valence-electron chi connectivity index (χ2n) is 3.99. The number of halogens is 1. The number of nitrogens with zero attached hydrogens (tertiary/aromatic N) is 1. The predicted octanol–water partition coefficient (Wildman–Crippen LogP) is 3.70. The predicted molar refractivity (Wildman–Crippen MR) is 70.9 cm³/mol. The van der Waals surface area contributed by atoms with Crippen molar-refractivity contribution in [2.45, 2.75) is 45.6 Å². The quantitative estimate of drug-likeness (QED) is 0.747. The third-order valence-corrected chi connectivity index (χ3v) is 2.72. The van der Waals surface area contributed by atoms with Gasteiger partial charge in [0, 0.05) is 6.04 Å². The lowest BCUT2D eigenvalue weighted by Gasteiger charge is -2.19. The molecule has 0 spiro atoms. The van der Waals surface area contributed by atoms with Gasteiger partial charge in [0.1, 0.15) is 5.15 Å². The summed E-state index contributed by atoms with van der Waals surface area (Å²) in [5.74, 6) is 0.708. The number of nitrogens with two attached hydrogens (primary N) is 1. The summed E-state index contributed by atoms with van der Waals surface area (Å²) >= 11 is 5.85. The van der Waals surface area contributed by atoms with Gasteiger partial charge in [0.25, 0.3) is 0 Å². The van der Waals surface area contributed by atoms with Crippen LogP contribution < -0.4 is 11.1 Å². The van der Waals surface area contributed by atoms with E-state index in [-0.39, 0.29) is 0 Å². The van der Waals surface area contributed by atoms with Gasteiger partial charge in [-0.05, 0) is 25.0 Å². The second-order valence-corrected chi connectivity index (χ2v) is 4.38. The third-order valence-electron chi connectivity index (χ3n) is 2.51. The smallest absolute Gasteiger partial charge is 0.151 e. The van der Waals surface area contributed by atoms with Crippen LogP contribution in [0.3, 0.4) is 0 Å². The summed E-state index contributed by atoms with van der Waals surface area (Å²) in [7, 11) is 0. The molecular weight excluding hydrogens is 222 g/mol. The molecule has 0 atom stereocenters. The maximum absolute atomic E-state index is 5.85. The Morgan fingerprint density at radius 3 is 2.50 bits per heavy atom. The lowest BCUT2D eigenvalue weighted by Crippen LogP contribution is -2.20. The number of pyridine rings is 1. The Balaban J connectivity index is 2.71. The van der Waals surface area contributed by atoms with Crippen LogP contribution in [0.25, 0.3) is 0 Å². The molecule has 0 fully saturated rings. The van der Waals surface area contributed by atoms with Gasteiger partial charge in [-0.2, -0.15) is 0 Å². The number of rotatable bonds is 6. The van der Waals surface area contributed by atoms with E-state index in [4.69, 9.17) is 17.3 Å². The van der Waals surface area contributed by atoms with Crippen molar-refractivity contribution >= 4 is 23.1 Å². The second kappa shape index (κ2) is 6.59. The van der Waals surface area contributed by atoms with Crippen molar-refractivity contribution in [2.24, 2.45) is 0 Å². The Morgan fingerprint density at radius 1 is 1.31 bits per heavy atom. The SMILES string of the molecule is CCCC(CCC)Nc1nc(Cl)ccc1N. The van der Waals surface area contributed by atoms with E-state index in [1.807, 2.05) is 0 Å². The van der Waals surface area contributed by atoms with Crippen molar-refractivity contribution in [2.75, 3.05) is 11.1 Å². The van der Waals surface area contributed by atoms with Gasteiger partial charge in [0.15, 0.2) is 5.82 Å². The fourth-order valence-corrected chi connectivity index (χ4v) is 1.89. The first-order valence-corrected chi connectivity index (χ1v) is 6.23. The average molecular weight is 242 g/mol. The molecule has 1 aromatic heterocycles. The van der Waals surface area contributed by atoms with Crippen molar-refractivity contribution in [3.8, 4) is 0 Å². The topological polar surface area (TPSA) is 50.9 Å². The molecular formula is C12H20ClN3. The molecule has 0 saturated carbocycles. The first-order valence-electron chi connectivity index (χ1n) is 5.85. The molecule has 3 N–H and O–H groups in total. The van der Waals surface area contributed by atoms with Crippen molar-refractivity contribution in [1.82, 2.24) is 4.98 Å². The van der Waals surface area contributed by atoms with E-state index in [0.29, 0.717) is 22.7 Å². The van der Waals surface area contributed by atoms with Crippen molar-refractivity contribution < 1.29 is 0 Å². The van der Waals surface area contributed by atoms with E-state index < -0.39 is 0 Å². The van der Waals surface area contributed by atoms with Crippen LogP contribution in [0, 0.1) is 0 Å². The zero-order chi connectivity index (χ0) is 12.0. The lowest BCUT2D eigenvalue weighted by atomic mass is 10.1. The van der Waals surface area contributed by atoms with Gasteiger partial charge in [-0.1, -0.05) is 38.3 Å². The standard InChI is InChI=1S/C12H20ClN3/c1-3-5-9(6-4-2)15-12-10(14)7-8-11(13)16-12/h7-9H,3-6,14H2,1-2H3,(H,15,16). The number of nitrogen functional groups attached to an aromatic ring is 1. The van der Waals surface area contributed by atoms with Crippen LogP contribution in [-0.4, -0.2) is 11.0 Å². The van der Waals surface area contributed by atoms with Crippen LogP contribution in [0.15, 0.2) is 12.1 Å². The maximum atomic E-state index is 5.85. The van der Waals surface area contributed by atoms with E-state index in [0.717, 1.165) is 25.7 Å². The van der Waals surface area contributed by atoms with Gasteiger partial charge < -0.3 is 11.1 Å². The lowest BCUT2D eigenvalue weighted by molar-refractivity contribution is 0.585. The van der Waals surface area contributed by atoms with E-state index in [9.17, 15) is 0 Å². The van der Waals surface area contributed by atoms with E-state index >= 15 is 0 Å². The Morgan fingerprint density at radius 2 is 1.94 bits per heavy atom. The molecule has 1 heterocycles. The average Bonchev–Trinajstić information content (AvgIpc) is 2.24. The van der Waals surface area contributed by atoms with Gasteiger partial charge in [-0.3, -0.25) is 0 Å². The highest BCUT2D eigenvalue weighted by Crippen LogP contribution is 2.21. The molecule has 0 aliphatic rings. The summed E-state index contributed by atoms with van der Waals surface area (Å²) in [6.07, 6.45) is 4.55. The van der Waals surface area contributed by atoms with Crippen LogP contribution in [0.1, 0.15) is 39.5 Å². The molecule has 0 unspecified atom stereocenters. The molecule has 4 heteroatoms. The molecule has 0 amide bonds. The highest BCUT2D eigenvalue weighted by atomic mass is 35.5. The van der Waals surface area contributed by atoms with Crippen molar-refractivity contribution in [3.63, 3.8) is 0 Å². The van der Waals surface area contributed by atoms with Crippen molar-refractivity contribution in [3.05, 3.63) is 17.3 Å². The number of hydrogen-bond acceptors (Lipinski definition) is 3. The molecule has 1 aromatic rings. The summed E-state index contributed by atoms with van der Waals surface area (Å²) in [5.41, 5.74) is 6.50. The molecule has 0 saturated heterocycles. The molecule has 0 aromatic carbocycles. The minimum atomic E-state index is 0.434. The third kappa shape index (κ3) is 3.89. The van der Waals surface area contributed by atoms with E-state index in [1.54, 1.807) is 12.1 Å². The monoisotopic (exact) mass is 241 g/mol. The molecule has 16 heavy (non-hydrogen) atoms. The zero-order valence-corrected chi connectivity index (χ0v) is 10.7. The first-order chi connectivity index (χ1) is 7.67. The molecule has 0 radical (unpaired) electrons. The molecule has 1 rings (SSSR count). The fraction of sp³-hybridized carbons (Fsp3) is 0.583. The summed E-state index contributed by atoms with van der Waals surface area (Å²) in [6, 6.07) is 3.92. The zero-order valence-electron chi connectivity index (χ0n) is 9.96.